The zero-order chi connectivity index (χ0) is 11.4. The number of hydrogen-bond donors (Lipinski definition) is 1. The molecule has 0 spiro atoms. The summed E-state index contributed by atoms with van der Waals surface area (Å²) in [6, 6.07) is 0.309. The van der Waals surface area contributed by atoms with Gasteiger partial charge in [-0.3, -0.25) is 4.90 Å². The van der Waals surface area contributed by atoms with E-state index in [-0.39, 0.29) is 0 Å². The average Bonchev–Trinajstić information content (AvgIpc) is 2.91. The maximum Gasteiger partial charge on any atom is 0.0795 e. The van der Waals surface area contributed by atoms with E-state index < -0.39 is 0 Å². The number of nitrogens with zero attached hydrogens (tertiary/aromatic N) is 2. The predicted molar refractivity (Wildman–Crippen MR) is 65.4 cm³/mol. The highest BCUT2D eigenvalue weighted by Crippen LogP contribution is 2.19. The van der Waals surface area contributed by atoms with Crippen LogP contribution in [0.5, 0.6) is 0 Å². The third kappa shape index (κ3) is 2.79. The third-order valence-electron chi connectivity index (χ3n) is 3.10. The molecule has 4 nitrogen and oxygen atoms in total. The Balaban J connectivity index is 1.92. The molecule has 2 rings (SSSR count). The first-order valence-electron chi connectivity index (χ1n) is 5.70. The van der Waals surface area contributed by atoms with Gasteiger partial charge in [-0.1, -0.05) is 0 Å². The van der Waals surface area contributed by atoms with Crippen molar-refractivity contribution >= 4 is 11.3 Å². The van der Waals surface area contributed by atoms with E-state index >= 15 is 0 Å². The molecule has 90 valence electrons. The molecule has 2 atom stereocenters. The number of thiazole rings is 1. The summed E-state index contributed by atoms with van der Waals surface area (Å²) in [7, 11) is 2.10. The first-order chi connectivity index (χ1) is 7.81. The summed E-state index contributed by atoms with van der Waals surface area (Å²) >= 11 is 1.63. The lowest BCUT2D eigenvalue weighted by molar-refractivity contribution is 0.0343. The van der Waals surface area contributed by atoms with Crippen LogP contribution in [-0.2, 0) is 11.3 Å². The van der Waals surface area contributed by atoms with Gasteiger partial charge in [0.1, 0.15) is 0 Å². The minimum Gasteiger partial charge on any atom is -0.377 e. The van der Waals surface area contributed by atoms with Gasteiger partial charge in [-0.2, -0.15) is 0 Å². The quantitative estimate of drug-likeness (QED) is 0.838. The van der Waals surface area contributed by atoms with Gasteiger partial charge in [0, 0.05) is 31.1 Å². The smallest absolute Gasteiger partial charge is 0.0795 e. The van der Waals surface area contributed by atoms with Crippen molar-refractivity contribution < 1.29 is 4.74 Å². The van der Waals surface area contributed by atoms with Crippen LogP contribution < -0.4 is 5.73 Å². The maximum atomic E-state index is 5.84. The molecular weight excluding hydrogens is 222 g/mol. The highest BCUT2D eigenvalue weighted by atomic mass is 32.1. The van der Waals surface area contributed by atoms with Crippen molar-refractivity contribution in [3.63, 3.8) is 0 Å². The lowest BCUT2D eigenvalue weighted by Gasteiger charge is -2.30. The second-order valence-corrected chi connectivity index (χ2v) is 4.97. The van der Waals surface area contributed by atoms with E-state index in [0.717, 1.165) is 31.7 Å². The molecule has 1 aliphatic heterocycles. The standard InChI is InChI=1S/C11H19N3OS/c1-14(6-9-7-16-8-13-9)10(5-12)11-3-2-4-15-11/h7-8,10-11H,2-6,12H2,1H3. The van der Waals surface area contributed by atoms with Crippen LogP contribution in [-0.4, -0.2) is 42.2 Å². The molecule has 0 saturated carbocycles. The summed E-state index contributed by atoms with van der Waals surface area (Å²) in [6.45, 7) is 2.38. The van der Waals surface area contributed by atoms with E-state index in [2.05, 4.69) is 22.3 Å². The number of rotatable bonds is 5. The Bertz CT molecular complexity index is 298. The van der Waals surface area contributed by atoms with Crippen molar-refractivity contribution in [1.82, 2.24) is 9.88 Å². The molecule has 0 aliphatic carbocycles. The number of likely N-dealkylation sites (N-methyl/N-ethyl adjacent to an activating group) is 1. The molecule has 1 aliphatic rings. The molecule has 0 amide bonds. The Hall–Kier alpha value is -0.490. The van der Waals surface area contributed by atoms with Gasteiger partial charge in [-0.05, 0) is 19.9 Å². The summed E-state index contributed by atoms with van der Waals surface area (Å²) in [5, 5.41) is 2.08. The first-order valence-corrected chi connectivity index (χ1v) is 6.64. The molecule has 1 aromatic rings. The Morgan fingerprint density at radius 1 is 1.75 bits per heavy atom. The van der Waals surface area contributed by atoms with Crippen molar-refractivity contribution in [3.05, 3.63) is 16.6 Å². The molecule has 0 aromatic carbocycles. The van der Waals surface area contributed by atoms with Crippen LogP contribution in [0.25, 0.3) is 0 Å². The fraction of sp³-hybridized carbons (Fsp3) is 0.727. The molecule has 1 fully saturated rings. The van der Waals surface area contributed by atoms with E-state index in [1.165, 1.54) is 0 Å². The molecule has 2 N–H and O–H groups in total. The molecular formula is C11H19N3OS. The normalized spacial score (nSPS) is 22.8. The van der Waals surface area contributed by atoms with E-state index in [0.29, 0.717) is 18.7 Å². The van der Waals surface area contributed by atoms with E-state index in [1.54, 1.807) is 11.3 Å². The highest BCUT2D eigenvalue weighted by Gasteiger charge is 2.28. The van der Waals surface area contributed by atoms with Crippen molar-refractivity contribution in [2.75, 3.05) is 20.2 Å². The Morgan fingerprint density at radius 2 is 2.62 bits per heavy atom. The molecule has 1 saturated heterocycles. The lowest BCUT2D eigenvalue weighted by Crippen LogP contribution is -2.45. The average molecular weight is 241 g/mol. The monoisotopic (exact) mass is 241 g/mol. The second-order valence-electron chi connectivity index (χ2n) is 4.25. The Kier molecular flexibility index (Phi) is 4.29. The molecule has 5 heteroatoms. The van der Waals surface area contributed by atoms with E-state index in [4.69, 9.17) is 10.5 Å². The number of nitrogens with two attached hydrogens (primary N) is 1. The number of hydrogen-bond acceptors (Lipinski definition) is 5. The van der Waals surface area contributed by atoms with E-state index in [9.17, 15) is 0 Å². The SMILES string of the molecule is CN(Cc1cscn1)C(CN)C1CCCO1. The number of aromatic nitrogens is 1. The molecule has 2 heterocycles. The van der Waals surface area contributed by atoms with Crippen LogP contribution in [0, 0.1) is 0 Å². The van der Waals surface area contributed by atoms with Gasteiger partial charge >= 0.3 is 0 Å². The Morgan fingerprint density at radius 3 is 3.19 bits per heavy atom. The zero-order valence-corrected chi connectivity index (χ0v) is 10.4. The summed E-state index contributed by atoms with van der Waals surface area (Å²) in [6.07, 6.45) is 2.59. The predicted octanol–water partition coefficient (Wildman–Crippen LogP) is 1.08. The van der Waals surface area contributed by atoms with Crippen molar-refractivity contribution in [3.8, 4) is 0 Å². The van der Waals surface area contributed by atoms with Gasteiger partial charge in [0.25, 0.3) is 0 Å². The highest BCUT2D eigenvalue weighted by molar-refractivity contribution is 7.07. The van der Waals surface area contributed by atoms with Crippen LogP contribution >= 0.6 is 11.3 Å². The lowest BCUT2D eigenvalue weighted by atomic mass is 10.1. The topological polar surface area (TPSA) is 51.4 Å². The van der Waals surface area contributed by atoms with Crippen LogP contribution in [0.15, 0.2) is 10.9 Å². The van der Waals surface area contributed by atoms with Gasteiger partial charge in [0.05, 0.1) is 17.3 Å². The van der Waals surface area contributed by atoms with Gasteiger partial charge in [-0.25, -0.2) is 4.98 Å². The summed E-state index contributed by atoms with van der Waals surface area (Å²) < 4.78 is 5.71. The molecule has 0 radical (unpaired) electrons. The van der Waals surface area contributed by atoms with E-state index in [1.807, 2.05) is 5.51 Å². The second kappa shape index (κ2) is 5.72. The molecule has 16 heavy (non-hydrogen) atoms. The fourth-order valence-corrected chi connectivity index (χ4v) is 2.76. The van der Waals surface area contributed by atoms with Gasteiger partial charge in [-0.15, -0.1) is 11.3 Å². The summed E-state index contributed by atoms with van der Waals surface area (Å²) in [5.41, 5.74) is 8.83. The van der Waals surface area contributed by atoms with Gasteiger partial charge in [0.2, 0.25) is 0 Å². The first kappa shape index (κ1) is 12.0. The van der Waals surface area contributed by atoms with Crippen molar-refractivity contribution in [1.29, 1.82) is 0 Å². The minimum atomic E-state index is 0.300. The van der Waals surface area contributed by atoms with Gasteiger partial charge < -0.3 is 10.5 Å². The number of ether oxygens (including phenoxy) is 1. The fourth-order valence-electron chi connectivity index (χ4n) is 2.21. The van der Waals surface area contributed by atoms with Crippen LogP contribution in [0.2, 0.25) is 0 Å². The van der Waals surface area contributed by atoms with Gasteiger partial charge in [0.15, 0.2) is 0 Å². The third-order valence-corrected chi connectivity index (χ3v) is 3.73. The van der Waals surface area contributed by atoms with Crippen LogP contribution in [0.3, 0.4) is 0 Å². The molecule has 1 aromatic heterocycles. The van der Waals surface area contributed by atoms with Crippen molar-refractivity contribution in [2.24, 2.45) is 5.73 Å². The van der Waals surface area contributed by atoms with Crippen LogP contribution in [0.4, 0.5) is 0 Å². The van der Waals surface area contributed by atoms with Crippen LogP contribution in [0.1, 0.15) is 18.5 Å². The maximum absolute atomic E-state index is 5.84. The summed E-state index contributed by atoms with van der Waals surface area (Å²) in [4.78, 5) is 6.55. The molecule has 2 unspecified atom stereocenters. The Labute approximate surface area is 100 Å². The largest absolute Gasteiger partial charge is 0.377 e. The molecule has 0 bridgehead atoms. The van der Waals surface area contributed by atoms with Crippen molar-refractivity contribution in [2.45, 2.75) is 31.5 Å². The zero-order valence-electron chi connectivity index (χ0n) is 9.63. The summed E-state index contributed by atoms with van der Waals surface area (Å²) in [5.74, 6) is 0. The minimum absolute atomic E-state index is 0.300.